The first kappa shape index (κ1) is 25.6. The van der Waals surface area contributed by atoms with E-state index in [4.69, 9.17) is 10.8 Å². The van der Waals surface area contributed by atoms with E-state index in [0.717, 1.165) is 40.2 Å². The molecule has 2 amide bonds. The van der Waals surface area contributed by atoms with Crippen molar-refractivity contribution in [2.75, 3.05) is 5.32 Å². The zero-order valence-corrected chi connectivity index (χ0v) is 22.2. The summed E-state index contributed by atoms with van der Waals surface area (Å²) in [5, 5.41) is 7.21. The van der Waals surface area contributed by atoms with Gasteiger partial charge < -0.3 is 11.1 Å². The molecule has 196 valence electrons. The predicted octanol–water partition coefficient (Wildman–Crippen LogP) is 6.48. The number of hydrogen-bond donors (Lipinski definition) is 2. The second-order valence-corrected chi connectivity index (χ2v) is 10.5. The zero-order chi connectivity index (χ0) is 27.4. The maximum absolute atomic E-state index is 15.7. The molecule has 2 heterocycles. The zero-order valence-electron chi connectivity index (χ0n) is 22.2. The Morgan fingerprint density at radius 3 is 2.32 bits per heavy atom. The lowest BCUT2D eigenvalue weighted by Gasteiger charge is -2.32. The summed E-state index contributed by atoms with van der Waals surface area (Å²) in [6.45, 7) is 11.5. The van der Waals surface area contributed by atoms with Crippen molar-refractivity contribution in [2.45, 2.75) is 53.2 Å². The van der Waals surface area contributed by atoms with Gasteiger partial charge in [-0.1, -0.05) is 42.5 Å². The molecule has 4 aromatic rings. The molecule has 1 aromatic heterocycles. The number of nitrogens with zero attached hydrogens (tertiary/aromatic N) is 3. The van der Waals surface area contributed by atoms with Crippen LogP contribution < -0.4 is 11.1 Å². The summed E-state index contributed by atoms with van der Waals surface area (Å²) >= 11 is 0. The molecule has 0 atom stereocenters. The fourth-order valence-corrected chi connectivity index (χ4v) is 5.41. The minimum atomic E-state index is -0.967. The Morgan fingerprint density at radius 2 is 1.66 bits per heavy atom. The van der Waals surface area contributed by atoms with Gasteiger partial charge in [0.2, 0.25) is 0 Å². The maximum atomic E-state index is 15.7. The first-order valence-electron chi connectivity index (χ1n) is 12.5. The lowest BCUT2D eigenvalue weighted by Crippen LogP contribution is -2.36. The van der Waals surface area contributed by atoms with Gasteiger partial charge in [0.1, 0.15) is 11.6 Å². The van der Waals surface area contributed by atoms with E-state index < -0.39 is 23.2 Å². The molecule has 0 spiro atoms. The highest BCUT2D eigenvalue weighted by atomic mass is 19.1. The number of rotatable bonds is 5. The molecule has 0 saturated heterocycles. The number of carbonyl (C=O) groups is 1. The lowest BCUT2D eigenvalue weighted by molar-refractivity contribution is 0.123. The summed E-state index contributed by atoms with van der Waals surface area (Å²) < 4.78 is 32.5. The van der Waals surface area contributed by atoms with Crippen molar-refractivity contribution in [3.05, 3.63) is 99.7 Å². The standard InChI is InChI=1S/C30H31F2N5O/c1-17-9-6-7-12-20(17)15-36-16-22-27(21-13-24(32)25(14-23(21)31)34-29(33)38)37(35-28(22)30(36,4)5)26-18(2)10-8-11-19(26)3/h6-14H,15-16H2,1-5H3,(H3,33,34,38). The van der Waals surface area contributed by atoms with Crippen molar-refractivity contribution >= 4 is 11.7 Å². The SMILES string of the molecule is Cc1ccccc1CN1Cc2c(nn(-c3c(C)cccc3C)c2-c2cc(F)c(NC(N)=O)cc2F)C1(C)C. The van der Waals surface area contributed by atoms with E-state index >= 15 is 8.78 Å². The summed E-state index contributed by atoms with van der Waals surface area (Å²) in [5.41, 5.74) is 11.8. The van der Waals surface area contributed by atoms with Crippen molar-refractivity contribution in [2.24, 2.45) is 5.73 Å². The van der Waals surface area contributed by atoms with E-state index in [9.17, 15) is 4.79 Å². The predicted molar refractivity (Wildman–Crippen MR) is 145 cm³/mol. The Labute approximate surface area is 221 Å². The number of urea groups is 1. The highest BCUT2D eigenvalue weighted by Crippen LogP contribution is 2.45. The number of aryl methyl sites for hydroxylation is 3. The van der Waals surface area contributed by atoms with Gasteiger partial charge in [-0.15, -0.1) is 0 Å². The molecule has 5 rings (SSSR count). The average Bonchev–Trinajstić information content (AvgIpc) is 3.31. The Hall–Kier alpha value is -4.04. The van der Waals surface area contributed by atoms with Crippen molar-refractivity contribution in [3.8, 4) is 16.9 Å². The highest BCUT2D eigenvalue weighted by Gasteiger charge is 2.43. The van der Waals surface area contributed by atoms with Crippen LogP contribution in [0.2, 0.25) is 0 Å². The highest BCUT2D eigenvalue weighted by molar-refractivity contribution is 5.88. The van der Waals surface area contributed by atoms with Crippen LogP contribution in [-0.4, -0.2) is 20.7 Å². The molecule has 6 nitrogen and oxygen atoms in total. The minimum Gasteiger partial charge on any atom is -0.351 e. The van der Waals surface area contributed by atoms with E-state index in [-0.39, 0.29) is 11.3 Å². The maximum Gasteiger partial charge on any atom is 0.316 e. The van der Waals surface area contributed by atoms with Gasteiger partial charge in [0.25, 0.3) is 0 Å². The van der Waals surface area contributed by atoms with E-state index in [2.05, 4.69) is 43.1 Å². The van der Waals surface area contributed by atoms with Gasteiger partial charge in [0.05, 0.1) is 28.3 Å². The van der Waals surface area contributed by atoms with Gasteiger partial charge in [-0.25, -0.2) is 18.3 Å². The first-order chi connectivity index (χ1) is 18.0. The molecule has 0 bridgehead atoms. The number of anilines is 1. The molecule has 0 unspecified atom stereocenters. The summed E-state index contributed by atoms with van der Waals surface area (Å²) in [6, 6.07) is 15.3. The number of benzene rings is 3. The number of hydrogen-bond acceptors (Lipinski definition) is 3. The molecule has 3 N–H and O–H groups in total. The van der Waals surface area contributed by atoms with E-state index in [1.54, 1.807) is 4.68 Å². The van der Waals surface area contributed by atoms with Crippen LogP contribution in [0.5, 0.6) is 0 Å². The molecule has 0 radical (unpaired) electrons. The van der Waals surface area contributed by atoms with E-state index in [1.165, 1.54) is 11.1 Å². The smallest absolute Gasteiger partial charge is 0.316 e. The number of aromatic nitrogens is 2. The molecule has 8 heteroatoms. The van der Waals surface area contributed by atoms with Gasteiger partial charge in [0.15, 0.2) is 0 Å². The van der Waals surface area contributed by atoms with Crippen LogP contribution in [0.3, 0.4) is 0 Å². The summed E-state index contributed by atoms with van der Waals surface area (Å²) in [4.78, 5) is 13.6. The fourth-order valence-electron chi connectivity index (χ4n) is 5.41. The lowest BCUT2D eigenvalue weighted by atomic mass is 9.97. The molecule has 0 aliphatic carbocycles. The Balaban J connectivity index is 1.71. The number of halogens is 2. The third kappa shape index (κ3) is 4.24. The number of amides is 2. The second-order valence-electron chi connectivity index (χ2n) is 10.5. The van der Waals surface area contributed by atoms with Crippen molar-refractivity contribution < 1.29 is 13.6 Å². The molecule has 0 fully saturated rings. The average molecular weight is 516 g/mol. The number of nitrogens with two attached hydrogens (primary N) is 1. The normalized spacial score (nSPS) is 14.5. The Morgan fingerprint density at radius 1 is 1.00 bits per heavy atom. The van der Waals surface area contributed by atoms with Crippen LogP contribution >= 0.6 is 0 Å². The topological polar surface area (TPSA) is 76.2 Å². The van der Waals surface area contributed by atoms with Crippen molar-refractivity contribution in [1.82, 2.24) is 14.7 Å². The minimum absolute atomic E-state index is 0.0717. The Bertz CT molecular complexity index is 1550. The van der Waals surface area contributed by atoms with Crippen LogP contribution in [0.1, 0.15) is 47.4 Å². The number of para-hydroxylation sites is 1. The molecular weight excluding hydrogens is 484 g/mol. The molecule has 1 aliphatic rings. The monoisotopic (exact) mass is 515 g/mol. The second kappa shape index (κ2) is 9.36. The van der Waals surface area contributed by atoms with Crippen LogP contribution in [0.25, 0.3) is 16.9 Å². The fraction of sp³-hybridized carbons (Fsp3) is 0.267. The van der Waals surface area contributed by atoms with Crippen molar-refractivity contribution in [3.63, 3.8) is 0 Å². The largest absolute Gasteiger partial charge is 0.351 e. The Kier molecular flexibility index (Phi) is 6.31. The first-order valence-corrected chi connectivity index (χ1v) is 12.5. The number of fused-ring (bicyclic) bond motifs is 1. The number of nitrogens with one attached hydrogen (secondary N) is 1. The van der Waals surface area contributed by atoms with Gasteiger partial charge in [-0.2, -0.15) is 5.10 Å². The number of primary amides is 1. The molecule has 38 heavy (non-hydrogen) atoms. The molecule has 1 aliphatic heterocycles. The quantitative estimate of drug-likeness (QED) is 0.319. The van der Waals surface area contributed by atoms with E-state index in [1.807, 2.05) is 44.2 Å². The summed E-state index contributed by atoms with van der Waals surface area (Å²) in [5.74, 6) is -1.46. The van der Waals surface area contributed by atoms with Gasteiger partial charge in [0, 0.05) is 30.3 Å². The van der Waals surface area contributed by atoms with Crippen LogP contribution in [0.4, 0.5) is 19.3 Å². The third-order valence-corrected chi connectivity index (χ3v) is 7.55. The van der Waals surface area contributed by atoms with Crippen LogP contribution in [-0.2, 0) is 18.6 Å². The van der Waals surface area contributed by atoms with E-state index in [0.29, 0.717) is 18.8 Å². The molecule has 3 aromatic carbocycles. The summed E-state index contributed by atoms with van der Waals surface area (Å²) in [7, 11) is 0. The van der Waals surface area contributed by atoms with Crippen molar-refractivity contribution in [1.29, 1.82) is 0 Å². The van der Waals surface area contributed by atoms with Crippen LogP contribution in [0, 0.1) is 32.4 Å². The number of carbonyl (C=O) groups excluding carboxylic acids is 1. The van der Waals surface area contributed by atoms with Crippen LogP contribution in [0.15, 0.2) is 54.6 Å². The van der Waals surface area contributed by atoms with Gasteiger partial charge in [-0.3, -0.25) is 4.90 Å². The molecular formula is C30H31F2N5O. The summed E-state index contributed by atoms with van der Waals surface area (Å²) in [6.07, 6.45) is 0. The molecule has 0 saturated carbocycles. The van der Waals surface area contributed by atoms with Gasteiger partial charge >= 0.3 is 6.03 Å². The third-order valence-electron chi connectivity index (χ3n) is 7.55. The van der Waals surface area contributed by atoms with Gasteiger partial charge in [-0.05, 0) is 62.9 Å².